The molecular weight excluding hydrogens is 384 g/mol. The molecular formula is C28H44O3. The maximum absolute atomic E-state index is 13.2. The molecule has 0 aliphatic heterocycles. The molecule has 4 aliphatic carbocycles. The zero-order valence-electron chi connectivity index (χ0n) is 20.5. The Balaban J connectivity index is 1.63. The van der Waals surface area contributed by atoms with Gasteiger partial charge in [-0.05, 0) is 85.5 Å². The van der Waals surface area contributed by atoms with Gasteiger partial charge in [0.15, 0.2) is 11.6 Å². The van der Waals surface area contributed by atoms with E-state index >= 15 is 0 Å². The van der Waals surface area contributed by atoms with Crippen molar-refractivity contribution in [3.8, 4) is 0 Å². The number of aliphatic hydroxyl groups is 2. The minimum Gasteiger partial charge on any atom is -0.365 e. The van der Waals surface area contributed by atoms with Crippen molar-refractivity contribution in [1.29, 1.82) is 0 Å². The number of carbonyl (C=O) groups is 1. The van der Waals surface area contributed by atoms with E-state index in [1.165, 1.54) is 12.0 Å². The average molecular weight is 429 g/mol. The van der Waals surface area contributed by atoms with Gasteiger partial charge in [-0.15, -0.1) is 0 Å². The van der Waals surface area contributed by atoms with Crippen LogP contribution in [0, 0.1) is 52.3 Å². The van der Waals surface area contributed by atoms with E-state index in [0.717, 1.165) is 32.1 Å². The van der Waals surface area contributed by atoms with Crippen molar-refractivity contribution in [3.05, 3.63) is 23.8 Å². The van der Waals surface area contributed by atoms with Crippen LogP contribution < -0.4 is 0 Å². The van der Waals surface area contributed by atoms with Gasteiger partial charge in [0.2, 0.25) is 0 Å². The molecule has 174 valence electrons. The summed E-state index contributed by atoms with van der Waals surface area (Å²) in [6.07, 6.45) is 13.1. The van der Waals surface area contributed by atoms with Crippen molar-refractivity contribution in [1.82, 2.24) is 0 Å². The Bertz CT molecular complexity index is 777. The van der Waals surface area contributed by atoms with Gasteiger partial charge in [0.05, 0.1) is 0 Å². The Morgan fingerprint density at radius 2 is 1.65 bits per heavy atom. The van der Waals surface area contributed by atoms with Gasteiger partial charge in [-0.1, -0.05) is 59.3 Å². The second-order valence-electron chi connectivity index (χ2n) is 12.3. The van der Waals surface area contributed by atoms with Crippen molar-refractivity contribution in [2.75, 3.05) is 0 Å². The number of fused-ring (bicyclic) bond motifs is 5. The van der Waals surface area contributed by atoms with Crippen LogP contribution in [0.1, 0.15) is 86.5 Å². The third-order valence-corrected chi connectivity index (χ3v) is 10.6. The minimum atomic E-state index is -1.75. The normalized spacial score (nSPS) is 43.9. The summed E-state index contributed by atoms with van der Waals surface area (Å²) < 4.78 is 0. The lowest BCUT2D eigenvalue weighted by Crippen LogP contribution is -2.62. The second-order valence-corrected chi connectivity index (χ2v) is 12.3. The Morgan fingerprint density at radius 3 is 2.32 bits per heavy atom. The predicted molar refractivity (Wildman–Crippen MR) is 125 cm³/mol. The van der Waals surface area contributed by atoms with E-state index in [9.17, 15) is 15.0 Å². The van der Waals surface area contributed by atoms with E-state index in [4.69, 9.17) is 0 Å². The molecule has 3 fully saturated rings. The number of hydrogen-bond donors (Lipinski definition) is 2. The third kappa shape index (κ3) is 3.41. The molecule has 4 aliphatic rings. The molecule has 8 atom stereocenters. The van der Waals surface area contributed by atoms with Gasteiger partial charge in [0.25, 0.3) is 0 Å². The van der Waals surface area contributed by atoms with Crippen LogP contribution in [0.3, 0.4) is 0 Å². The fourth-order valence-electron chi connectivity index (χ4n) is 8.08. The smallest absolute Gasteiger partial charge is 0.169 e. The van der Waals surface area contributed by atoms with Crippen LogP contribution in [0.5, 0.6) is 0 Å². The van der Waals surface area contributed by atoms with Gasteiger partial charge in [-0.2, -0.15) is 0 Å². The first kappa shape index (κ1) is 23.2. The molecule has 0 saturated heterocycles. The largest absolute Gasteiger partial charge is 0.365 e. The van der Waals surface area contributed by atoms with Crippen molar-refractivity contribution >= 4 is 5.78 Å². The SMILES string of the molecule is CC(C)[C@@H](C)/C=C/[C@@H](C)[C@H]1CC[C@H]2C3=CC(=O)[C@H]4CCCC(O)(O)[C@]4(C)[C@H]3CC[C@]12C. The highest BCUT2D eigenvalue weighted by molar-refractivity contribution is 5.94. The second kappa shape index (κ2) is 7.83. The molecule has 0 radical (unpaired) electrons. The van der Waals surface area contributed by atoms with E-state index < -0.39 is 11.2 Å². The average Bonchev–Trinajstić information content (AvgIpc) is 3.05. The first-order valence-corrected chi connectivity index (χ1v) is 12.8. The van der Waals surface area contributed by atoms with Crippen LogP contribution in [0.15, 0.2) is 23.8 Å². The first-order valence-electron chi connectivity index (χ1n) is 12.8. The van der Waals surface area contributed by atoms with Crippen molar-refractivity contribution in [2.45, 2.75) is 92.3 Å². The van der Waals surface area contributed by atoms with Crippen molar-refractivity contribution < 1.29 is 15.0 Å². The molecule has 4 rings (SSSR count). The molecule has 31 heavy (non-hydrogen) atoms. The van der Waals surface area contributed by atoms with Gasteiger partial charge < -0.3 is 10.2 Å². The molecule has 3 nitrogen and oxygen atoms in total. The molecule has 0 amide bonds. The van der Waals surface area contributed by atoms with Crippen LogP contribution in [0.2, 0.25) is 0 Å². The zero-order chi connectivity index (χ0) is 22.8. The highest BCUT2D eigenvalue weighted by atomic mass is 16.5. The summed E-state index contributed by atoms with van der Waals surface area (Å²) in [6.45, 7) is 13.7. The molecule has 0 aromatic rings. The van der Waals surface area contributed by atoms with E-state index in [2.05, 4.69) is 46.8 Å². The lowest BCUT2D eigenvalue weighted by molar-refractivity contribution is -0.287. The lowest BCUT2D eigenvalue weighted by Gasteiger charge is -2.60. The fourth-order valence-corrected chi connectivity index (χ4v) is 8.08. The minimum absolute atomic E-state index is 0.120. The summed E-state index contributed by atoms with van der Waals surface area (Å²) in [4.78, 5) is 13.2. The van der Waals surface area contributed by atoms with Gasteiger partial charge in [-0.25, -0.2) is 0 Å². The molecule has 3 saturated carbocycles. The third-order valence-electron chi connectivity index (χ3n) is 10.6. The molecule has 0 spiro atoms. The fraction of sp³-hybridized carbons (Fsp3) is 0.821. The van der Waals surface area contributed by atoms with Crippen molar-refractivity contribution in [3.63, 3.8) is 0 Å². The van der Waals surface area contributed by atoms with Crippen LogP contribution >= 0.6 is 0 Å². The summed E-state index contributed by atoms with van der Waals surface area (Å²) in [5.41, 5.74) is 0.698. The highest BCUT2D eigenvalue weighted by Crippen LogP contribution is 2.67. The summed E-state index contributed by atoms with van der Waals surface area (Å²) in [5.74, 6) is 1.07. The molecule has 3 heteroatoms. The van der Waals surface area contributed by atoms with Crippen LogP contribution in [0.4, 0.5) is 0 Å². The topological polar surface area (TPSA) is 57.5 Å². The van der Waals surface area contributed by atoms with Crippen molar-refractivity contribution in [2.24, 2.45) is 52.3 Å². The standard InChI is InChI=1S/C28H44O3/c1-17(2)18(3)9-10-19(4)21-11-12-22-20-16-25(29)24-8-7-14-28(30,31)27(24,6)23(20)13-15-26(21,22)5/h9-10,16-19,21-24,30-31H,7-8,11-15H2,1-6H3/b10-9+/t18-,19+,21+,22-,23-,24+,26+,27+/m0/s1. The number of ketones is 1. The Labute approximate surface area is 189 Å². The summed E-state index contributed by atoms with van der Waals surface area (Å²) in [5, 5.41) is 22.1. The van der Waals surface area contributed by atoms with Gasteiger partial charge in [-0.3, -0.25) is 4.79 Å². The zero-order valence-corrected chi connectivity index (χ0v) is 20.5. The van der Waals surface area contributed by atoms with E-state index in [0.29, 0.717) is 36.0 Å². The lowest BCUT2D eigenvalue weighted by atomic mass is 9.46. The summed E-state index contributed by atoms with van der Waals surface area (Å²) in [6, 6.07) is 0. The number of rotatable bonds is 4. The molecule has 2 N–H and O–H groups in total. The number of carbonyl (C=O) groups excluding carboxylic acids is 1. The quantitative estimate of drug-likeness (QED) is 0.432. The Morgan fingerprint density at radius 1 is 0.935 bits per heavy atom. The van der Waals surface area contributed by atoms with Gasteiger partial charge in [0, 0.05) is 17.8 Å². The number of allylic oxidation sites excluding steroid dienone is 4. The first-order chi connectivity index (χ1) is 14.4. The van der Waals surface area contributed by atoms with Crippen LogP contribution in [-0.4, -0.2) is 21.8 Å². The predicted octanol–water partition coefficient (Wildman–Crippen LogP) is 5.91. The maximum Gasteiger partial charge on any atom is 0.169 e. The van der Waals surface area contributed by atoms with Gasteiger partial charge in [0.1, 0.15) is 0 Å². The maximum atomic E-state index is 13.2. The molecule has 0 unspecified atom stereocenters. The monoisotopic (exact) mass is 428 g/mol. The molecule has 0 aromatic carbocycles. The van der Waals surface area contributed by atoms with Crippen LogP contribution in [-0.2, 0) is 4.79 Å². The van der Waals surface area contributed by atoms with Crippen LogP contribution in [0.25, 0.3) is 0 Å². The van der Waals surface area contributed by atoms with E-state index in [1.54, 1.807) is 0 Å². The molecule has 0 bridgehead atoms. The summed E-state index contributed by atoms with van der Waals surface area (Å²) in [7, 11) is 0. The van der Waals surface area contributed by atoms with E-state index in [1.807, 2.05) is 13.0 Å². The summed E-state index contributed by atoms with van der Waals surface area (Å²) >= 11 is 0. The Hall–Kier alpha value is -0.930. The number of hydrogen-bond acceptors (Lipinski definition) is 3. The molecule has 0 aromatic heterocycles. The highest BCUT2D eigenvalue weighted by Gasteiger charge is 2.65. The Kier molecular flexibility index (Phi) is 5.87. The van der Waals surface area contributed by atoms with E-state index in [-0.39, 0.29) is 23.0 Å². The molecule has 0 heterocycles. The van der Waals surface area contributed by atoms with Gasteiger partial charge >= 0.3 is 0 Å².